The molecule has 146 valence electrons. The van der Waals surface area contributed by atoms with E-state index in [-0.39, 0.29) is 11.4 Å². The van der Waals surface area contributed by atoms with Gasteiger partial charge in [0.05, 0.1) is 24.1 Å². The van der Waals surface area contributed by atoms with E-state index in [2.05, 4.69) is 10.6 Å². The minimum atomic E-state index is -2.90. The first-order valence-corrected chi connectivity index (χ1v) is 11.7. The molecule has 6 nitrogen and oxygen atoms in total. The van der Waals surface area contributed by atoms with Crippen LogP contribution in [0.25, 0.3) is 0 Å². The Morgan fingerprint density at radius 1 is 1.12 bits per heavy atom. The lowest BCUT2D eigenvalue weighted by Crippen LogP contribution is -2.60. The summed E-state index contributed by atoms with van der Waals surface area (Å²) in [6, 6.07) is 0.316. The van der Waals surface area contributed by atoms with Gasteiger partial charge in [0, 0.05) is 32.6 Å². The summed E-state index contributed by atoms with van der Waals surface area (Å²) in [5.74, 6) is 1.13. The average Bonchev–Trinajstić information content (AvgIpc) is 3.12. The third-order valence-electron chi connectivity index (χ3n) is 6.35. The van der Waals surface area contributed by atoms with Crippen molar-refractivity contribution in [2.45, 2.75) is 68.5 Å². The Kier molecular flexibility index (Phi) is 6.77. The van der Waals surface area contributed by atoms with E-state index in [0.29, 0.717) is 24.0 Å². The second-order valence-corrected chi connectivity index (χ2v) is 10.4. The predicted molar refractivity (Wildman–Crippen MR) is 98.3 cm³/mol. The van der Waals surface area contributed by atoms with Crippen LogP contribution < -0.4 is 10.6 Å². The van der Waals surface area contributed by atoms with Crippen LogP contribution >= 0.6 is 0 Å². The van der Waals surface area contributed by atoms with E-state index in [4.69, 9.17) is 9.47 Å². The fourth-order valence-electron chi connectivity index (χ4n) is 4.73. The highest BCUT2D eigenvalue weighted by Gasteiger charge is 2.38. The molecule has 3 aliphatic rings. The van der Waals surface area contributed by atoms with Gasteiger partial charge in [-0.05, 0) is 56.8 Å². The predicted octanol–water partition coefficient (Wildman–Crippen LogP) is 1.31. The maximum atomic E-state index is 11.8. The zero-order chi connectivity index (χ0) is 17.9. The maximum Gasteiger partial charge on any atom is 0.150 e. The number of ether oxygens (including phenoxy) is 2. The van der Waals surface area contributed by atoms with E-state index < -0.39 is 9.84 Å². The number of nitrogens with one attached hydrogen (secondary N) is 2. The molecule has 0 aromatic heterocycles. The molecule has 25 heavy (non-hydrogen) atoms. The van der Waals surface area contributed by atoms with E-state index in [1.165, 1.54) is 6.26 Å². The van der Waals surface area contributed by atoms with E-state index in [1.807, 2.05) is 0 Å². The molecule has 0 spiro atoms. The highest BCUT2D eigenvalue weighted by atomic mass is 32.2. The van der Waals surface area contributed by atoms with Gasteiger partial charge in [-0.2, -0.15) is 0 Å². The van der Waals surface area contributed by atoms with E-state index in [1.54, 1.807) is 7.11 Å². The van der Waals surface area contributed by atoms with E-state index in [9.17, 15) is 8.42 Å². The summed E-state index contributed by atoms with van der Waals surface area (Å²) in [6.45, 7) is 2.77. The van der Waals surface area contributed by atoms with Gasteiger partial charge in [0.15, 0.2) is 0 Å². The van der Waals surface area contributed by atoms with Crippen molar-refractivity contribution in [2.75, 3.05) is 33.1 Å². The van der Waals surface area contributed by atoms with Crippen molar-refractivity contribution in [1.82, 2.24) is 10.6 Å². The van der Waals surface area contributed by atoms with Gasteiger partial charge in [-0.3, -0.25) is 5.32 Å². The van der Waals surface area contributed by atoms with Gasteiger partial charge < -0.3 is 14.8 Å². The van der Waals surface area contributed by atoms with Gasteiger partial charge in [-0.1, -0.05) is 0 Å². The summed E-state index contributed by atoms with van der Waals surface area (Å²) in [7, 11) is -1.11. The Morgan fingerprint density at radius 3 is 2.48 bits per heavy atom. The van der Waals surface area contributed by atoms with Crippen LogP contribution in [0.5, 0.6) is 0 Å². The van der Waals surface area contributed by atoms with Crippen molar-refractivity contribution >= 4 is 9.84 Å². The lowest BCUT2D eigenvalue weighted by molar-refractivity contribution is 0.00191. The standard InChI is InChI=1S/C18H34N2O4S/c1-23-16-7-8-17(19-11-13-9-10-24-12-13)20-18(16)14-3-5-15(6-4-14)25(2,21)22/h13-20H,3-12H2,1-2H3. The summed E-state index contributed by atoms with van der Waals surface area (Å²) in [5.41, 5.74) is 0. The molecule has 4 atom stereocenters. The number of sulfone groups is 1. The summed E-state index contributed by atoms with van der Waals surface area (Å²) in [5, 5.41) is 7.29. The zero-order valence-corrected chi connectivity index (χ0v) is 16.4. The van der Waals surface area contributed by atoms with Crippen molar-refractivity contribution in [3.05, 3.63) is 0 Å². The SMILES string of the molecule is COC1CCC(NCC2CCOC2)NC1C1CCC(S(C)(=O)=O)CC1. The Bertz CT molecular complexity index is 513. The minimum absolute atomic E-state index is 0.148. The van der Waals surface area contributed by atoms with Crippen LogP contribution in [0, 0.1) is 11.8 Å². The van der Waals surface area contributed by atoms with Crippen LogP contribution in [0.3, 0.4) is 0 Å². The van der Waals surface area contributed by atoms with Crippen LogP contribution in [0.2, 0.25) is 0 Å². The first-order valence-electron chi connectivity index (χ1n) is 9.76. The molecule has 0 radical (unpaired) electrons. The summed E-state index contributed by atoms with van der Waals surface area (Å²) in [4.78, 5) is 0. The number of piperidine rings is 1. The molecule has 1 aliphatic carbocycles. The minimum Gasteiger partial charge on any atom is -0.381 e. The third kappa shape index (κ3) is 5.16. The first-order chi connectivity index (χ1) is 12.0. The van der Waals surface area contributed by atoms with Crippen LogP contribution in [0.4, 0.5) is 0 Å². The van der Waals surface area contributed by atoms with Gasteiger partial charge in [0.25, 0.3) is 0 Å². The van der Waals surface area contributed by atoms with E-state index >= 15 is 0 Å². The molecule has 0 aromatic rings. The number of methoxy groups -OCH3 is 1. The molecular formula is C18H34N2O4S. The first kappa shape index (κ1) is 19.5. The fraction of sp³-hybridized carbons (Fsp3) is 1.00. The van der Waals surface area contributed by atoms with Crippen LogP contribution in [-0.4, -0.2) is 65.1 Å². The summed E-state index contributed by atoms with van der Waals surface area (Å²) in [6.07, 6.45) is 8.72. The molecule has 2 heterocycles. The Labute approximate surface area is 152 Å². The largest absolute Gasteiger partial charge is 0.381 e. The monoisotopic (exact) mass is 374 g/mol. The number of rotatable bonds is 6. The van der Waals surface area contributed by atoms with Crippen LogP contribution in [0.1, 0.15) is 44.9 Å². The van der Waals surface area contributed by atoms with Crippen molar-refractivity contribution < 1.29 is 17.9 Å². The van der Waals surface area contributed by atoms with Crippen LogP contribution in [0.15, 0.2) is 0 Å². The number of hydrogen-bond donors (Lipinski definition) is 2. The second-order valence-electron chi connectivity index (χ2n) is 8.10. The lowest BCUT2D eigenvalue weighted by atomic mass is 9.79. The van der Waals surface area contributed by atoms with Crippen molar-refractivity contribution in [3.8, 4) is 0 Å². The molecular weight excluding hydrogens is 340 g/mol. The fourth-order valence-corrected chi connectivity index (χ4v) is 5.86. The molecule has 0 aromatic carbocycles. The molecule has 2 aliphatic heterocycles. The summed E-state index contributed by atoms with van der Waals surface area (Å²) >= 11 is 0. The quantitative estimate of drug-likeness (QED) is 0.730. The summed E-state index contributed by atoms with van der Waals surface area (Å²) < 4.78 is 34.8. The highest BCUT2D eigenvalue weighted by Crippen LogP contribution is 2.34. The molecule has 3 fully saturated rings. The third-order valence-corrected chi connectivity index (χ3v) is 8.03. The lowest BCUT2D eigenvalue weighted by Gasteiger charge is -2.43. The van der Waals surface area contributed by atoms with Gasteiger partial charge in [0.2, 0.25) is 0 Å². The van der Waals surface area contributed by atoms with Gasteiger partial charge in [-0.25, -0.2) is 8.42 Å². The maximum absolute atomic E-state index is 11.8. The number of hydrogen-bond acceptors (Lipinski definition) is 6. The Hall–Kier alpha value is -0.210. The molecule has 0 bridgehead atoms. The molecule has 4 unspecified atom stereocenters. The second kappa shape index (κ2) is 8.65. The van der Waals surface area contributed by atoms with Crippen molar-refractivity contribution in [3.63, 3.8) is 0 Å². The van der Waals surface area contributed by atoms with Gasteiger partial charge >= 0.3 is 0 Å². The van der Waals surface area contributed by atoms with Gasteiger partial charge in [-0.15, -0.1) is 0 Å². The molecule has 2 N–H and O–H groups in total. The smallest absolute Gasteiger partial charge is 0.150 e. The molecule has 0 amide bonds. The normalized spacial score (nSPS) is 40.2. The zero-order valence-electron chi connectivity index (χ0n) is 15.6. The molecule has 2 saturated heterocycles. The molecule has 7 heteroatoms. The van der Waals surface area contributed by atoms with Crippen molar-refractivity contribution in [1.29, 1.82) is 0 Å². The highest BCUT2D eigenvalue weighted by molar-refractivity contribution is 7.91. The van der Waals surface area contributed by atoms with E-state index in [0.717, 1.165) is 64.7 Å². The van der Waals surface area contributed by atoms with Crippen molar-refractivity contribution in [2.24, 2.45) is 11.8 Å². The van der Waals surface area contributed by atoms with Gasteiger partial charge in [0.1, 0.15) is 9.84 Å². The topological polar surface area (TPSA) is 76.7 Å². The van der Waals surface area contributed by atoms with Crippen LogP contribution in [-0.2, 0) is 19.3 Å². The Morgan fingerprint density at radius 2 is 1.88 bits per heavy atom. The Balaban J connectivity index is 1.52. The average molecular weight is 375 g/mol. The molecule has 3 rings (SSSR count). The molecule has 1 saturated carbocycles.